The van der Waals surface area contributed by atoms with Gasteiger partial charge in [-0.25, -0.2) is 0 Å². The normalized spacial score (nSPS) is 35.2. The molecule has 1 aliphatic heterocycles. The number of likely N-dealkylation sites (tertiary alicyclic amines) is 1. The standard InChI is InChI=1S/C16H29NO2/c1-4-12-11-17(10-8-14(12)18)15(19)13-7-5-6-9-16(13,2)3/h12-14,18H,4-11H2,1-3H3. The van der Waals surface area contributed by atoms with Crippen LogP contribution in [0.25, 0.3) is 0 Å². The largest absolute Gasteiger partial charge is 0.393 e. The Bertz CT molecular complexity index is 327. The van der Waals surface area contributed by atoms with Crippen molar-refractivity contribution in [1.29, 1.82) is 0 Å². The third-order valence-corrected chi connectivity index (χ3v) is 5.34. The van der Waals surface area contributed by atoms with Crippen LogP contribution in [0.3, 0.4) is 0 Å². The lowest BCUT2D eigenvalue weighted by atomic mass is 9.68. The van der Waals surface area contributed by atoms with Crippen LogP contribution in [0.2, 0.25) is 0 Å². The lowest BCUT2D eigenvalue weighted by molar-refractivity contribution is -0.145. The number of nitrogens with zero attached hydrogens (tertiary/aromatic N) is 1. The first-order valence-corrected chi connectivity index (χ1v) is 7.92. The summed E-state index contributed by atoms with van der Waals surface area (Å²) in [7, 11) is 0. The molecule has 2 fully saturated rings. The number of piperidine rings is 1. The molecule has 19 heavy (non-hydrogen) atoms. The third kappa shape index (κ3) is 3.13. The minimum atomic E-state index is -0.214. The van der Waals surface area contributed by atoms with Crippen molar-refractivity contribution in [3.63, 3.8) is 0 Å². The summed E-state index contributed by atoms with van der Waals surface area (Å²) in [4.78, 5) is 14.8. The molecule has 3 atom stereocenters. The van der Waals surface area contributed by atoms with Crippen LogP contribution in [0.15, 0.2) is 0 Å². The van der Waals surface area contributed by atoms with Gasteiger partial charge in [0.15, 0.2) is 0 Å². The highest BCUT2D eigenvalue weighted by Gasteiger charge is 2.40. The Morgan fingerprint density at radius 3 is 2.68 bits per heavy atom. The van der Waals surface area contributed by atoms with E-state index in [0.717, 1.165) is 38.8 Å². The van der Waals surface area contributed by atoms with Crippen LogP contribution < -0.4 is 0 Å². The van der Waals surface area contributed by atoms with Gasteiger partial charge >= 0.3 is 0 Å². The first-order chi connectivity index (χ1) is 8.95. The first kappa shape index (κ1) is 14.8. The molecular weight excluding hydrogens is 238 g/mol. The van der Waals surface area contributed by atoms with Crippen LogP contribution in [0.4, 0.5) is 0 Å². The Labute approximate surface area is 117 Å². The second kappa shape index (κ2) is 5.82. The van der Waals surface area contributed by atoms with Crippen LogP contribution in [-0.4, -0.2) is 35.1 Å². The molecule has 1 N–H and O–H groups in total. The van der Waals surface area contributed by atoms with Gasteiger partial charge in [0.05, 0.1) is 6.10 Å². The van der Waals surface area contributed by atoms with E-state index in [1.165, 1.54) is 12.8 Å². The third-order valence-electron chi connectivity index (χ3n) is 5.34. The monoisotopic (exact) mass is 267 g/mol. The minimum Gasteiger partial charge on any atom is -0.393 e. The zero-order valence-electron chi connectivity index (χ0n) is 12.7. The van der Waals surface area contributed by atoms with Crippen molar-refractivity contribution in [2.24, 2.45) is 17.3 Å². The molecule has 0 aromatic carbocycles. The summed E-state index contributed by atoms with van der Waals surface area (Å²) < 4.78 is 0. The van der Waals surface area contributed by atoms with Crippen LogP contribution in [-0.2, 0) is 4.79 Å². The Kier molecular flexibility index (Phi) is 4.54. The van der Waals surface area contributed by atoms with Crippen molar-refractivity contribution < 1.29 is 9.90 Å². The lowest BCUT2D eigenvalue weighted by Gasteiger charge is -2.43. The fourth-order valence-corrected chi connectivity index (χ4v) is 3.79. The molecular formula is C16H29NO2. The predicted molar refractivity (Wildman–Crippen MR) is 76.7 cm³/mol. The average molecular weight is 267 g/mol. The van der Waals surface area contributed by atoms with E-state index in [1.54, 1.807) is 0 Å². The van der Waals surface area contributed by atoms with E-state index >= 15 is 0 Å². The van der Waals surface area contributed by atoms with Crippen LogP contribution >= 0.6 is 0 Å². The topological polar surface area (TPSA) is 40.5 Å². The summed E-state index contributed by atoms with van der Waals surface area (Å²) in [5.41, 5.74) is 0.146. The quantitative estimate of drug-likeness (QED) is 0.836. The number of hydrogen-bond donors (Lipinski definition) is 1. The molecule has 1 saturated carbocycles. The molecule has 0 spiro atoms. The van der Waals surface area contributed by atoms with E-state index < -0.39 is 0 Å². The second-order valence-corrected chi connectivity index (χ2v) is 7.10. The molecule has 110 valence electrons. The summed E-state index contributed by atoms with van der Waals surface area (Å²) in [6, 6.07) is 0. The van der Waals surface area contributed by atoms with Gasteiger partial charge in [0.25, 0.3) is 0 Å². The van der Waals surface area contributed by atoms with Gasteiger partial charge in [-0.05, 0) is 31.1 Å². The Hall–Kier alpha value is -0.570. The van der Waals surface area contributed by atoms with Crippen molar-refractivity contribution >= 4 is 5.91 Å². The van der Waals surface area contributed by atoms with Crippen molar-refractivity contribution in [3.8, 4) is 0 Å². The number of hydrogen-bond acceptors (Lipinski definition) is 2. The van der Waals surface area contributed by atoms with Crippen molar-refractivity contribution in [2.45, 2.75) is 65.4 Å². The van der Waals surface area contributed by atoms with Gasteiger partial charge in [-0.2, -0.15) is 0 Å². The number of carbonyl (C=O) groups is 1. The van der Waals surface area contributed by atoms with Crippen molar-refractivity contribution in [1.82, 2.24) is 4.90 Å². The van der Waals surface area contributed by atoms with Gasteiger partial charge in [0, 0.05) is 24.9 Å². The Balaban J connectivity index is 2.03. The maximum Gasteiger partial charge on any atom is 0.226 e. The molecule has 3 heteroatoms. The summed E-state index contributed by atoms with van der Waals surface area (Å²) in [5, 5.41) is 9.94. The van der Waals surface area contributed by atoms with E-state index in [4.69, 9.17) is 0 Å². The van der Waals surface area contributed by atoms with Gasteiger partial charge < -0.3 is 10.0 Å². The molecule has 1 aliphatic carbocycles. The highest BCUT2D eigenvalue weighted by atomic mass is 16.3. The molecule has 0 aromatic rings. The van der Waals surface area contributed by atoms with Crippen LogP contribution in [0, 0.1) is 17.3 Å². The maximum atomic E-state index is 12.8. The minimum absolute atomic E-state index is 0.146. The fraction of sp³-hybridized carbons (Fsp3) is 0.938. The molecule has 3 nitrogen and oxygen atoms in total. The summed E-state index contributed by atoms with van der Waals surface area (Å²) in [6.45, 7) is 8.08. The second-order valence-electron chi connectivity index (χ2n) is 7.10. The van der Waals surface area contributed by atoms with Gasteiger partial charge in [-0.15, -0.1) is 0 Å². The number of aliphatic hydroxyl groups excluding tert-OH is 1. The van der Waals surface area contributed by atoms with Crippen LogP contribution in [0.1, 0.15) is 59.3 Å². The summed E-state index contributed by atoms with van der Waals surface area (Å²) >= 11 is 0. The van der Waals surface area contributed by atoms with E-state index in [1.807, 2.05) is 4.90 Å². The van der Waals surface area contributed by atoms with Crippen molar-refractivity contribution in [2.75, 3.05) is 13.1 Å². The zero-order valence-corrected chi connectivity index (χ0v) is 12.7. The van der Waals surface area contributed by atoms with Gasteiger partial charge in [-0.3, -0.25) is 4.79 Å². The number of carbonyl (C=O) groups excluding carboxylic acids is 1. The van der Waals surface area contributed by atoms with Crippen LogP contribution in [0.5, 0.6) is 0 Å². The molecule has 1 heterocycles. The maximum absolute atomic E-state index is 12.8. The Morgan fingerprint density at radius 2 is 2.05 bits per heavy atom. The molecule has 1 amide bonds. The molecule has 3 unspecified atom stereocenters. The summed E-state index contributed by atoms with van der Waals surface area (Å²) in [5.74, 6) is 0.799. The smallest absolute Gasteiger partial charge is 0.226 e. The summed E-state index contributed by atoms with van der Waals surface area (Å²) in [6.07, 6.45) is 6.14. The Morgan fingerprint density at radius 1 is 1.32 bits per heavy atom. The highest BCUT2D eigenvalue weighted by molar-refractivity contribution is 5.79. The fourth-order valence-electron chi connectivity index (χ4n) is 3.79. The van der Waals surface area contributed by atoms with E-state index in [2.05, 4.69) is 20.8 Å². The van der Waals surface area contributed by atoms with Crippen molar-refractivity contribution in [3.05, 3.63) is 0 Å². The molecule has 0 bridgehead atoms. The van der Waals surface area contributed by atoms with Gasteiger partial charge in [-0.1, -0.05) is 33.6 Å². The van der Waals surface area contributed by atoms with Gasteiger partial charge in [0.2, 0.25) is 5.91 Å². The molecule has 2 aliphatic rings. The first-order valence-electron chi connectivity index (χ1n) is 7.92. The number of rotatable bonds is 2. The molecule has 0 radical (unpaired) electrons. The lowest BCUT2D eigenvalue weighted by Crippen LogP contribution is -2.50. The SMILES string of the molecule is CCC1CN(C(=O)C2CCCCC2(C)C)CCC1O. The van der Waals surface area contributed by atoms with Gasteiger partial charge in [0.1, 0.15) is 0 Å². The molecule has 1 saturated heterocycles. The average Bonchev–Trinajstić information content (AvgIpc) is 2.38. The number of aliphatic hydroxyl groups is 1. The zero-order chi connectivity index (χ0) is 14.0. The highest BCUT2D eigenvalue weighted by Crippen LogP contribution is 2.41. The van der Waals surface area contributed by atoms with E-state index in [0.29, 0.717) is 5.91 Å². The predicted octanol–water partition coefficient (Wildman–Crippen LogP) is 2.82. The number of amides is 1. The van der Waals surface area contributed by atoms with E-state index in [-0.39, 0.29) is 23.4 Å². The van der Waals surface area contributed by atoms with E-state index in [9.17, 15) is 9.90 Å². The molecule has 0 aromatic heterocycles. The molecule has 2 rings (SSSR count).